The molecule has 102 valence electrons. The Morgan fingerprint density at radius 2 is 2.15 bits per heavy atom. The van der Waals surface area contributed by atoms with E-state index in [4.69, 9.17) is 5.73 Å². The largest absolute Gasteiger partial charge is 0.369 e. The standard InChI is InChI=1S/C15H15N3OS/c16-14(19)15(4-5-15)12-8-18-13(20-12)10-3-6-17-11(7-10)9-1-2-9/h3,6-9H,1-2,4-5H2,(H2,16,19). The number of rotatable bonds is 4. The number of hydrogen-bond donors (Lipinski definition) is 1. The van der Waals surface area contributed by atoms with Gasteiger partial charge in [0.15, 0.2) is 0 Å². The van der Waals surface area contributed by atoms with Gasteiger partial charge in [0.25, 0.3) is 0 Å². The number of primary amides is 1. The third kappa shape index (κ3) is 1.85. The molecule has 2 aliphatic rings. The first-order valence-corrected chi connectivity index (χ1v) is 7.73. The topological polar surface area (TPSA) is 68.9 Å². The van der Waals surface area contributed by atoms with Crippen molar-refractivity contribution in [1.29, 1.82) is 0 Å². The van der Waals surface area contributed by atoms with Crippen molar-refractivity contribution in [2.75, 3.05) is 0 Å². The molecule has 4 nitrogen and oxygen atoms in total. The van der Waals surface area contributed by atoms with Crippen LogP contribution in [0.15, 0.2) is 24.5 Å². The van der Waals surface area contributed by atoms with Crippen molar-refractivity contribution >= 4 is 17.2 Å². The second kappa shape index (κ2) is 4.12. The van der Waals surface area contributed by atoms with Gasteiger partial charge < -0.3 is 5.73 Å². The molecular weight excluding hydrogens is 270 g/mol. The molecule has 2 aromatic rings. The lowest BCUT2D eigenvalue weighted by molar-refractivity contribution is -0.120. The van der Waals surface area contributed by atoms with Crippen molar-refractivity contribution in [3.05, 3.63) is 35.1 Å². The lowest BCUT2D eigenvalue weighted by atomic mass is 10.1. The Balaban J connectivity index is 1.68. The van der Waals surface area contributed by atoms with Crippen molar-refractivity contribution in [2.45, 2.75) is 37.0 Å². The van der Waals surface area contributed by atoms with Crippen LogP contribution in [0.1, 0.15) is 42.2 Å². The van der Waals surface area contributed by atoms with E-state index in [1.54, 1.807) is 11.3 Å². The number of pyridine rings is 1. The summed E-state index contributed by atoms with van der Waals surface area (Å²) in [5, 5.41) is 0.955. The fourth-order valence-corrected chi connectivity index (χ4v) is 3.72. The van der Waals surface area contributed by atoms with Crippen LogP contribution in [0, 0.1) is 0 Å². The molecule has 0 spiro atoms. The number of thiazole rings is 1. The molecule has 5 heteroatoms. The van der Waals surface area contributed by atoms with E-state index in [0.717, 1.165) is 34.0 Å². The van der Waals surface area contributed by atoms with E-state index < -0.39 is 5.41 Å². The monoisotopic (exact) mass is 285 g/mol. The second-order valence-electron chi connectivity index (χ2n) is 5.72. The Labute approximate surface area is 121 Å². The predicted octanol–water partition coefficient (Wildman–Crippen LogP) is 2.60. The number of amides is 1. The van der Waals surface area contributed by atoms with Crippen molar-refractivity contribution in [3.8, 4) is 10.6 Å². The fourth-order valence-electron chi connectivity index (χ4n) is 2.55. The number of carbonyl (C=O) groups excluding carboxylic acids is 1. The fraction of sp³-hybridized carbons (Fsp3) is 0.400. The number of nitrogens with two attached hydrogens (primary N) is 1. The van der Waals surface area contributed by atoms with Crippen LogP contribution in [0.3, 0.4) is 0 Å². The smallest absolute Gasteiger partial charge is 0.228 e. The lowest BCUT2D eigenvalue weighted by Crippen LogP contribution is -2.27. The minimum atomic E-state index is -0.428. The summed E-state index contributed by atoms with van der Waals surface area (Å²) >= 11 is 1.58. The SMILES string of the molecule is NC(=O)C1(c2cnc(-c3ccnc(C4CC4)c3)s2)CC1. The molecule has 2 aromatic heterocycles. The van der Waals surface area contributed by atoms with Gasteiger partial charge in [-0.05, 0) is 37.8 Å². The van der Waals surface area contributed by atoms with Crippen LogP contribution < -0.4 is 5.73 Å². The van der Waals surface area contributed by atoms with Crippen molar-refractivity contribution < 1.29 is 4.79 Å². The minimum absolute atomic E-state index is 0.221. The second-order valence-corrected chi connectivity index (χ2v) is 6.75. The van der Waals surface area contributed by atoms with Crippen LogP contribution in [-0.4, -0.2) is 15.9 Å². The number of carbonyl (C=O) groups is 1. The van der Waals surface area contributed by atoms with Gasteiger partial charge in [-0.25, -0.2) is 4.98 Å². The van der Waals surface area contributed by atoms with Gasteiger partial charge in [0.2, 0.25) is 5.91 Å². The zero-order valence-electron chi connectivity index (χ0n) is 11.0. The molecule has 2 N–H and O–H groups in total. The molecular formula is C15H15N3OS. The van der Waals surface area contributed by atoms with Crippen molar-refractivity contribution in [1.82, 2.24) is 9.97 Å². The number of nitrogens with zero attached hydrogens (tertiary/aromatic N) is 2. The van der Waals surface area contributed by atoms with Crippen molar-refractivity contribution in [3.63, 3.8) is 0 Å². The van der Waals surface area contributed by atoms with Crippen molar-refractivity contribution in [2.24, 2.45) is 5.73 Å². The number of aromatic nitrogens is 2. The summed E-state index contributed by atoms with van der Waals surface area (Å²) in [5.41, 5.74) is 7.34. The third-order valence-electron chi connectivity index (χ3n) is 4.22. The Morgan fingerprint density at radius 3 is 2.80 bits per heavy atom. The Kier molecular flexibility index (Phi) is 2.48. The summed E-state index contributed by atoms with van der Waals surface area (Å²) in [6, 6.07) is 4.11. The number of hydrogen-bond acceptors (Lipinski definition) is 4. The molecule has 1 amide bonds. The van der Waals surface area contributed by atoms with Crippen LogP contribution in [0.25, 0.3) is 10.6 Å². The molecule has 4 rings (SSSR count). The molecule has 0 saturated heterocycles. The van der Waals surface area contributed by atoms with Crippen LogP contribution in [0.5, 0.6) is 0 Å². The molecule has 0 aliphatic heterocycles. The summed E-state index contributed by atoms with van der Waals surface area (Å²) in [6.07, 6.45) is 7.86. The normalized spacial score (nSPS) is 19.8. The van der Waals surface area contributed by atoms with Gasteiger partial charge in [0, 0.05) is 34.4 Å². The highest BCUT2D eigenvalue weighted by atomic mass is 32.1. The van der Waals surface area contributed by atoms with E-state index >= 15 is 0 Å². The Morgan fingerprint density at radius 1 is 1.35 bits per heavy atom. The Hall–Kier alpha value is -1.75. The van der Waals surface area contributed by atoms with Crippen LogP contribution >= 0.6 is 11.3 Å². The molecule has 20 heavy (non-hydrogen) atoms. The zero-order valence-corrected chi connectivity index (χ0v) is 11.8. The molecule has 2 aliphatic carbocycles. The van der Waals surface area contributed by atoms with E-state index in [-0.39, 0.29) is 5.91 Å². The predicted molar refractivity (Wildman–Crippen MR) is 77.4 cm³/mol. The van der Waals surface area contributed by atoms with Gasteiger partial charge in [0.05, 0.1) is 5.41 Å². The van der Waals surface area contributed by atoms with Gasteiger partial charge in [-0.2, -0.15) is 0 Å². The molecule has 0 bridgehead atoms. The van der Waals surface area contributed by atoms with Gasteiger partial charge >= 0.3 is 0 Å². The maximum atomic E-state index is 11.6. The first-order valence-electron chi connectivity index (χ1n) is 6.91. The maximum absolute atomic E-state index is 11.6. The average molecular weight is 285 g/mol. The first-order chi connectivity index (χ1) is 9.69. The summed E-state index contributed by atoms with van der Waals surface area (Å²) in [4.78, 5) is 21.5. The summed E-state index contributed by atoms with van der Waals surface area (Å²) in [6.45, 7) is 0. The minimum Gasteiger partial charge on any atom is -0.369 e. The van der Waals surface area contributed by atoms with E-state index in [0.29, 0.717) is 5.92 Å². The highest BCUT2D eigenvalue weighted by molar-refractivity contribution is 7.15. The van der Waals surface area contributed by atoms with Gasteiger partial charge in [-0.1, -0.05) is 0 Å². The third-order valence-corrected chi connectivity index (χ3v) is 5.47. The first kappa shape index (κ1) is 12.0. The lowest BCUT2D eigenvalue weighted by Gasteiger charge is -2.05. The van der Waals surface area contributed by atoms with Crippen LogP contribution in [0.2, 0.25) is 0 Å². The molecule has 0 radical (unpaired) electrons. The zero-order chi connectivity index (χ0) is 13.7. The highest BCUT2D eigenvalue weighted by Crippen LogP contribution is 2.50. The van der Waals surface area contributed by atoms with Gasteiger partial charge in [-0.3, -0.25) is 9.78 Å². The van der Waals surface area contributed by atoms with Crippen LogP contribution in [0.4, 0.5) is 0 Å². The summed E-state index contributed by atoms with van der Waals surface area (Å²) in [5.74, 6) is 0.413. The summed E-state index contributed by atoms with van der Waals surface area (Å²) < 4.78 is 0. The van der Waals surface area contributed by atoms with Gasteiger partial charge in [-0.15, -0.1) is 11.3 Å². The molecule has 2 heterocycles. The Bertz CT molecular complexity index is 686. The quantitative estimate of drug-likeness (QED) is 0.938. The van der Waals surface area contributed by atoms with Gasteiger partial charge in [0.1, 0.15) is 5.01 Å². The van der Waals surface area contributed by atoms with E-state index in [1.165, 1.54) is 12.8 Å². The maximum Gasteiger partial charge on any atom is 0.228 e. The van der Waals surface area contributed by atoms with E-state index in [9.17, 15) is 4.79 Å². The van der Waals surface area contributed by atoms with E-state index in [1.807, 2.05) is 18.5 Å². The van der Waals surface area contributed by atoms with Crippen LogP contribution in [-0.2, 0) is 10.2 Å². The molecule has 0 atom stereocenters. The van der Waals surface area contributed by atoms with E-state index in [2.05, 4.69) is 16.0 Å². The average Bonchev–Trinajstić information content (AvgIpc) is 3.37. The molecule has 0 aromatic carbocycles. The summed E-state index contributed by atoms with van der Waals surface area (Å²) in [7, 11) is 0. The highest BCUT2D eigenvalue weighted by Gasteiger charge is 2.51. The molecule has 0 unspecified atom stereocenters. The molecule has 2 fully saturated rings. The molecule has 2 saturated carbocycles.